The average molecular weight is 225 g/mol. The molecule has 1 atom stereocenters. The minimum Gasteiger partial charge on any atom is -0.327 e. The van der Waals surface area contributed by atoms with Crippen LogP contribution in [0.4, 0.5) is 13.2 Å². The predicted octanol–water partition coefficient (Wildman–Crippen LogP) is 2.66. The minimum atomic E-state index is -4.26. The van der Waals surface area contributed by atoms with E-state index >= 15 is 0 Å². The van der Waals surface area contributed by atoms with Gasteiger partial charge in [-0.1, -0.05) is 20.8 Å². The molecule has 0 amide bonds. The van der Waals surface area contributed by atoms with E-state index in [0.717, 1.165) is 0 Å². The summed E-state index contributed by atoms with van der Waals surface area (Å²) >= 11 is 0. The van der Waals surface area contributed by atoms with Gasteiger partial charge in [-0.2, -0.15) is 13.2 Å². The molecule has 1 unspecified atom stereocenters. The van der Waals surface area contributed by atoms with Gasteiger partial charge in [0.15, 0.2) is 0 Å². The minimum absolute atomic E-state index is 0.0135. The molecule has 0 saturated heterocycles. The normalized spacial score (nSPS) is 15.1. The highest BCUT2D eigenvalue weighted by Gasteiger charge is 2.29. The van der Waals surface area contributed by atoms with Crippen molar-refractivity contribution < 1.29 is 18.0 Å². The molecule has 0 aliphatic carbocycles. The number of Topliss-reactive ketones (excluding diaryl/α,β-unsaturated/α-hetero) is 1. The van der Waals surface area contributed by atoms with E-state index in [9.17, 15) is 18.0 Å². The lowest BCUT2D eigenvalue weighted by molar-refractivity contribution is -0.143. The van der Waals surface area contributed by atoms with Crippen molar-refractivity contribution in [3.05, 3.63) is 0 Å². The van der Waals surface area contributed by atoms with Crippen LogP contribution in [0.5, 0.6) is 0 Å². The molecule has 90 valence electrons. The quantitative estimate of drug-likeness (QED) is 0.799. The Labute approximate surface area is 88.0 Å². The molecule has 0 radical (unpaired) electrons. The molecule has 0 heterocycles. The van der Waals surface area contributed by atoms with Crippen LogP contribution in [-0.4, -0.2) is 18.0 Å². The Morgan fingerprint density at radius 2 is 1.73 bits per heavy atom. The molecule has 5 heteroatoms. The van der Waals surface area contributed by atoms with E-state index in [2.05, 4.69) is 0 Å². The lowest BCUT2D eigenvalue weighted by Crippen LogP contribution is -2.37. The fourth-order valence-electron chi connectivity index (χ4n) is 0.935. The van der Waals surface area contributed by atoms with Crippen LogP contribution in [0.1, 0.15) is 40.0 Å². The van der Waals surface area contributed by atoms with Gasteiger partial charge in [-0.15, -0.1) is 0 Å². The Balaban J connectivity index is 3.96. The van der Waals surface area contributed by atoms with Gasteiger partial charge >= 0.3 is 6.18 Å². The van der Waals surface area contributed by atoms with E-state index in [1.807, 2.05) is 20.8 Å². The molecule has 0 bridgehead atoms. The lowest BCUT2D eigenvalue weighted by Gasteiger charge is -2.26. The zero-order valence-electron chi connectivity index (χ0n) is 9.32. The average Bonchev–Trinajstić information content (AvgIpc) is 1.97. The summed E-state index contributed by atoms with van der Waals surface area (Å²) in [6.07, 6.45) is -5.77. The van der Waals surface area contributed by atoms with Gasteiger partial charge in [-0.3, -0.25) is 4.79 Å². The molecule has 0 saturated carbocycles. The van der Waals surface area contributed by atoms with Crippen LogP contribution in [-0.2, 0) is 4.79 Å². The van der Waals surface area contributed by atoms with Crippen molar-refractivity contribution in [2.75, 3.05) is 0 Å². The van der Waals surface area contributed by atoms with E-state index in [4.69, 9.17) is 5.73 Å². The van der Waals surface area contributed by atoms with Gasteiger partial charge in [0, 0.05) is 18.9 Å². The highest BCUT2D eigenvalue weighted by atomic mass is 19.4. The van der Waals surface area contributed by atoms with Crippen molar-refractivity contribution in [1.29, 1.82) is 0 Å². The number of hydrogen-bond acceptors (Lipinski definition) is 2. The molecule has 2 nitrogen and oxygen atoms in total. The third-order valence-corrected chi connectivity index (χ3v) is 2.25. The first-order valence-electron chi connectivity index (χ1n) is 4.86. The molecule has 0 aliphatic heterocycles. The van der Waals surface area contributed by atoms with Gasteiger partial charge in [-0.05, 0) is 5.41 Å². The van der Waals surface area contributed by atoms with Gasteiger partial charge < -0.3 is 5.73 Å². The Hall–Kier alpha value is -0.580. The summed E-state index contributed by atoms with van der Waals surface area (Å²) in [4.78, 5) is 11.2. The molecule has 0 aromatic rings. The highest BCUT2D eigenvalue weighted by Crippen LogP contribution is 2.24. The number of hydrogen-bond donors (Lipinski definition) is 1. The maximum atomic E-state index is 11.8. The first kappa shape index (κ1) is 14.4. The number of nitrogens with two attached hydrogens (primary N) is 1. The number of carbonyl (C=O) groups excluding carboxylic acids is 1. The third kappa shape index (κ3) is 7.36. The Morgan fingerprint density at radius 1 is 1.27 bits per heavy atom. The summed E-state index contributed by atoms with van der Waals surface area (Å²) in [6, 6.07) is -0.391. The SMILES string of the molecule is CC(C)(C)C(N)CC(=O)CCC(F)(F)F. The first-order valence-corrected chi connectivity index (χ1v) is 4.86. The number of ketones is 1. The number of alkyl halides is 3. The second-order valence-corrected chi connectivity index (χ2v) is 4.83. The topological polar surface area (TPSA) is 43.1 Å². The molecular weight excluding hydrogens is 207 g/mol. The van der Waals surface area contributed by atoms with E-state index in [0.29, 0.717) is 0 Å². The van der Waals surface area contributed by atoms with E-state index in [1.165, 1.54) is 0 Å². The molecule has 0 aromatic carbocycles. The van der Waals surface area contributed by atoms with Gasteiger partial charge in [0.25, 0.3) is 0 Å². The molecule has 0 rings (SSSR count). The summed E-state index contributed by atoms with van der Waals surface area (Å²) in [5.41, 5.74) is 5.43. The Bertz CT molecular complexity index is 218. The molecule has 15 heavy (non-hydrogen) atoms. The van der Waals surface area contributed by atoms with Crippen molar-refractivity contribution in [3.63, 3.8) is 0 Å². The second-order valence-electron chi connectivity index (χ2n) is 4.83. The highest BCUT2D eigenvalue weighted by molar-refractivity contribution is 5.79. The van der Waals surface area contributed by atoms with Gasteiger partial charge in [0.05, 0.1) is 6.42 Å². The summed E-state index contributed by atoms with van der Waals surface area (Å²) in [6.45, 7) is 5.57. The maximum absolute atomic E-state index is 11.8. The van der Waals surface area contributed by atoms with Crippen LogP contribution < -0.4 is 5.73 Å². The number of carbonyl (C=O) groups is 1. The van der Waals surface area contributed by atoms with Crippen LogP contribution >= 0.6 is 0 Å². The summed E-state index contributed by atoms with van der Waals surface area (Å²) < 4.78 is 35.4. The largest absolute Gasteiger partial charge is 0.389 e. The van der Waals surface area contributed by atoms with E-state index < -0.39 is 30.8 Å². The maximum Gasteiger partial charge on any atom is 0.389 e. The van der Waals surface area contributed by atoms with Crippen molar-refractivity contribution in [2.45, 2.75) is 52.3 Å². The van der Waals surface area contributed by atoms with Gasteiger partial charge in [-0.25, -0.2) is 0 Å². The second kappa shape index (κ2) is 4.96. The molecule has 0 spiro atoms. The Morgan fingerprint density at radius 3 is 2.07 bits per heavy atom. The zero-order chi connectivity index (χ0) is 12.3. The van der Waals surface area contributed by atoms with Crippen LogP contribution in [0.15, 0.2) is 0 Å². The Kier molecular flexibility index (Phi) is 4.77. The number of rotatable bonds is 4. The smallest absolute Gasteiger partial charge is 0.327 e. The summed E-state index contributed by atoms with van der Waals surface area (Å²) in [5.74, 6) is -0.422. The van der Waals surface area contributed by atoms with Crippen LogP contribution in [0.3, 0.4) is 0 Å². The molecule has 0 aromatic heterocycles. The summed E-state index contributed by atoms with van der Waals surface area (Å²) in [7, 11) is 0. The molecule has 0 fully saturated rings. The first-order chi connectivity index (χ1) is 6.52. The fourth-order valence-corrected chi connectivity index (χ4v) is 0.935. The van der Waals surface area contributed by atoms with Gasteiger partial charge in [0.2, 0.25) is 0 Å². The van der Waals surface area contributed by atoms with E-state index in [-0.39, 0.29) is 11.8 Å². The van der Waals surface area contributed by atoms with Crippen molar-refractivity contribution in [2.24, 2.45) is 11.1 Å². The molecule has 2 N–H and O–H groups in total. The van der Waals surface area contributed by atoms with Crippen LogP contribution in [0, 0.1) is 5.41 Å². The fraction of sp³-hybridized carbons (Fsp3) is 0.900. The van der Waals surface area contributed by atoms with E-state index in [1.54, 1.807) is 0 Å². The zero-order valence-corrected chi connectivity index (χ0v) is 9.32. The number of halogens is 3. The standard InChI is InChI=1S/C10H18F3NO/c1-9(2,3)8(14)6-7(15)4-5-10(11,12)13/h8H,4-6,14H2,1-3H3. The summed E-state index contributed by atoms with van der Waals surface area (Å²) in [5, 5.41) is 0. The van der Waals surface area contributed by atoms with Crippen molar-refractivity contribution in [1.82, 2.24) is 0 Å². The monoisotopic (exact) mass is 225 g/mol. The van der Waals surface area contributed by atoms with Gasteiger partial charge in [0.1, 0.15) is 5.78 Å². The van der Waals surface area contributed by atoms with Crippen LogP contribution in [0.2, 0.25) is 0 Å². The predicted molar refractivity (Wildman–Crippen MR) is 52.3 cm³/mol. The third-order valence-electron chi connectivity index (χ3n) is 2.25. The van der Waals surface area contributed by atoms with Crippen molar-refractivity contribution >= 4 is 5.78 Å². The van der Waals surface area contributed by atoms with Crippen molar-refractivity contribution in [3.8, 4) is 0 Å². The molecular formula is C10H18F3NO. The van der Waals surface area contributed by atoms with Crippen LogP contribution in [0.25, 0.3) is 0 Å². The molecule has 0 aliphatic rings. The lowest BCUT2D eigenvalue weighted by atomic mass is 9.84.